The molecule has 0 saturated heterocycles. The van der Waals surface area contributed by atoms with Crippen molar-refractivity contribution in [3.8, 4) is 0 Å². The Bertz CT molecular complexity index is 488. The van der Waals surface area contributed by atoms with Crippen molar-refractivity contribution in [2.24, 2.45) is 16.6 Å². The molecule has 1 fully saturated rings. The van der Waals surface area contributed by atoms with Crippen LogP contribution in [0.5, 0.6) is 0 Å². The van der Waals surface area contributed by atoms with E-state index < -0.39 is 12.2 Å². The van der Waals surface area contributed by atoms with Gasteiger partial charge in [0.25, 0.3) is 0 Å². The number of amides is 2. The molecule has 1 rings (SSSR count). The third-order valence-electron chi connectivity index (χ3n) is 4.84. The zero-order chi connectivity index (χ0) is 25.2. The number of hydrogen-bond donors (Lipinski definition) is 5. The molecule has 10 heteroatoms. The van der Waals surface area contributed by atoms with E-state index >= 15 is 0 Å². The molecule has 0 aromatic rings. The smallest absolute Gasteiger partial charge is 0.410 e. The van der Waals surface area contributed by atoms with Gasteiger partial charge in [-0.2, -0.15) is 0 Å². The first-order chi connectivity index (χ1) is 15.0. The Morgan fingerprint density at radius 1 is 1.19 bits per heavy atom. The summed E-state index contributed by atoms with van der Waals surface area (Å²) < 4.78 is 9.41. The molecule has 0 aromatic heterocycles. The number of methoxy groups -OCH3 is 1. The fourth-order valence-electron chi connectivity index (χ4n) is 4.17. The van der Waals surface area contributed by atoms with Crippen molar-refractivity contribution in [3.63, 3.8) is 0 Å². The summed E-state index contributed by atoms with van der Waals surface area (Å²) in [7, 11) is 1.43. The SMILES string of the molecule is CC.CC1(C)CC(N)CC(C)(CNC=O)C1.COCC(O)COC(=O)N(CCO)CCO. The van der Waals surface area contributed by atoms with Gasteiger partial charge in [0.15, 0.2) is 0 Å². The average molecular weight is 466 g/mol. The monoisotopic (exact) mass is 465 g/mol. The Morgan fingerprint density at radius 3 is 2.19 bits per heavy atom. The number of carbonyl (C=O) groups excluding carboxylic acids is 2. The van der Waals surface area contributed by atoms with E-state index in [1.54, 1.807) is 0 Å². The molecule has 0 spiro atoms. The van der Waals surface area contributed by atoms with Crippen LogP contribution in [0.25, 0.3) is 0 Å². The van der Waals surface area contributed by atoms with E-state index in [1.807, 2.05) is 13.8 Å². The van der Waals surface area contributed by atoms with Crippen LogP contribution in [0.3, 0.4) is 0 Å². The van der Waals surface area contributed by atoms with Crippen LogP contribution in [0.1, 0.15) is 53.9 Å². The van der Waals surface area contributed by atoms with Gasteiger partial charge in [0.05, 0.1) is 19.8 Å². The Kier molecular flexibility index (Phi) is 18.4. The largest absolute Gasteiger partial charge is 0.447 e. The Labute approximate surface area is 193 Å². The second kappa shape index (κ2) is 18.0. The lowest BCUT2D eigenvalue weighted by Gasteiger charge is -2.45. The number of nitrogens with zero attached hydrogens (tertiary/aromatic N) is 1. The van der Waals surface area contributed by atoms with E-state index in [9.17, 15) is 14.7 Å². The molecule has 0 radical (unpaired) electrons. The highest BCUT2D eigenvalue weighted by atomic mass is 16.6. The molecular weight excluding hydrogens is 418 g/mol. The van der Waals surface area contributed by atoms with Crippen molar-refractivity contribution in [1.29, 1.82) is 0 Å². The predicted octanol–water partition coefficient (Wildman–Crippen LogP) is 0.719. The van der Waals surface area contributed by atoms with Gasteiger partial charge in [-0.15, -0.1) is 0 Å². The quantitative estimate of drug-likeness (QED) is 0.280. The number of nitrogens with one attached hydrogen (secondary N) is 1. The van der Waals surface area contributed by atoms with Gasteiger partial charge in [-0.25, -0.2) is 4.79 Å². The molecule has 32 heavy (non-hydrogen) atoms. The van der Waals surface area contributed by atoms with Crippen LogP contribution in [0.4, 0.5) is 4.79 Å². The molecule has 2 amide bonds. The maximum absolute atomic E-state index is 11.4. The summed E-state index contributed by atoms with van der Waals surface area (Å²) in [5, 5.41) is 29.3. The lowest BCUT2D eigenvalue weighted by atomic mass is 9.63. The molecule has 0 aliphatic heterocycles. The minimum absolute atomic E-state index is 0.0767. The van der Waals surface area contributed by atoms with Crippen molar-refractivity contribution < 1.29 is 34.4 Å². The standard InChI is InChI=1S/C11H22N2O.C9H19NO6.C2H6/c1-10(2)4-9(12)5-11(3,6-10)7-13-8-14;1-15-6-8(13)7-16-9(14)10(2-4-11)3-5-12;1-2/h8-9H,4-7,12H2,1-3H3,(H,13,14);8,11-13H,2-7H2,1H3;1-2H3. The summed E-state index contributed by atoms with van der Waals surface area (Å²) >= 11 is 0. The van der Waals surface area contributed by atoms with E-state index in [2.05, 4.69) is 30.8 Å². The molecular formula is C22H47N3O7. The van der Waals surface area contributed by atoms with Gasteiger partial charge in [0.2, 0.25) is 6.41 Å². The lowest BCUT2D eigenvalue weighted by molar-refractivity contribution is -0.110. The third-order valence-corrected chi connectivity index (χ3v) is 4.84. The van der Waals surface area contributed by atoms with Crippen LogP contribution in [-0.2, 0) is 14.3 Å². The van der Waals surface area contributed by atoms with E-state index in [0.29, 0.717) is 5.41 Å². The van der Waals surface area contributed by atoms with Crippen LogP contribution >= 0.6 is 0 Å². The number of ether oxygens (including phenoxy) is 2. The molecule has 3 atom stereocenters. The Balaban J connectivity index is 0. The minimum atomic E-state index is -0.876. The van der Waals surface area contributed by atoms with E-state index in [4.69, 9.17) is 20.7 Å². The van der Waals surface area contributed by atoms with E-state index in [0.717, 1.165) is 37.1 Å². The van der Waals surface area contributed by atoms with Crippen LogP contribution in [0.2, 0.25) is 0 Å². The minimum Gasteiger partial charge on any atom is -0.447 e. The number of nitrogens with two attached hydrogens (primary N) is 1. The van der Waals surface area contributed by atoms with Crippen LogP contribution in [0.15, 0.2) is 0 Å². The summed E-state index contributed by atoms with van der Waals surface area (Å²) in [5.74, 6) is 0. The van der Waals surface area contributed by atoms with Crippen LogP contribution < -0.4 is 11.1 Å². The maximum atomic E-state index is 11.4. The fourth-order valence-corrected chi connectivity index (χ4v) is 4.17. The number of rotatable bonds is 11. The molecule has 10 nitrogen and oxygen atoms in total. The fraction of sp³-hybridized carbons (Fsp3) is 0.909. The van der Waals surface area contributed by atoms with Crippen molar-refractivity contribution >= 4 is 12.5 Å². The van der Waals surface area contributed by atoms with Gasteiger partial charge in [0, 0.05) is 32.8 Å². The molecule has 3 unspecified atom stereocenters. The number of aliphatic hydroxyl groups is 3. The highest BCUT2D eigenvalue weighted by Gasteiger charge is 2.39. The summed E-state index contributed by atoms with van der Waals surface area (Å²) in [6.07, 6.45) is 2.45. The Morgan fingerprint density at radius 2 is 1.75 bits per heavy atom. The van der Waals surface area contributed by atoms with E-state index in [-0.39, 0.29) is 51.0 Å². The lowest BCUT2D eigenvalue weighted by Crippen LogP contribution is -2.46. The third kappa shape index (κ3) is 15.4. The topological polar surface area (TPSA) is 155 Å². The van der Waals surface area contributed by atoms with Crippen molar-refractivity contribution in [2.45, 2.75) is 66.0 Å². The zero-order valence-electron chi connectivity index (χ0n) is 20.8. The molecule has 0 aromatic carbocycles. The van der Waals surface area contributed by atoms with Gasteiger partial charge in [-0.3, -0.25) is 4.79 Å². The highest BCUT2D eigenvalue weighted by Crippen LogP contribution is 2.44. The van der Waals surface area contributed by atoms with Gasteiger partial charge < -0.3 is 40.7 Å². The van der Waals surface area contributed by atoms with Gasteiger partial charge in [0.1, 0.15) is 12.7 Å². The van der Waals surface area contributed by atoms with Crippen molar-refractivity contribution in [1.82, 2.24) is 10.2 Å². The van der Waals surface area contributed by atoms with E-state index in [1.165, 1.54) is 7.11 Å². The molecule has 1 aliphatic carbocycles. The van der Waals surface area contributed by atoms with Gasteiger partial charge in [-0.1, -0.05) is 34.6 Å². The zero-order valence-corrected chi connectivity index (χ0v) is 20.8. The Hall–Kier alpha value is -1.46. The molecule has 0 heterocycles. The van der Waals surface area contributed by atoms with Crippen LogP contribution in [-0.4, -0.2) is 98.0 Å². The van der Waals surface area contributed by atoms with Crippen molar-refractivity contribution in [2.75, 3.05) is 53.2 Å². The average Bonchev–Trinajstić information content (AvgIpc) is 2.71. The second-order valence-electron chi connectivity index (χ2n) is 8.94. The second-order valence-corrected chi connectivity index (χ2v) is 8.94. The summed E-state index contributed by atoms with van der Waals surface area (Å²) in [6, 6.07) is 0.275. The van der Waals surface area contributed by atoms with Gasteiger partial charge in [-0.05, 0) is 30.1 Å². The normalized spacial score (nSPS) is 22.2. The van der Waals surface area contributed by atoms with Crippen LogP contribution in [0, 0.1) is 10.8 Å². The maximum Gasteiger partial charge on any atom is 0.410 e. The first-order valence-corrected chi connectivity index (χ1v) is 11.3. The predicted molar refractivity (Wildman–Crippen MR) is 124 cm³/mol. The summed E-state index contributed by atoms with van der Waals surface area (Å²) in [6.45, 7) is 11.1. The molecule has 6 N–H and O–H groups in total. The number of aliphatic hydroxyl groups excluding tert-OH is 3. The number of hydrogen-bond acceptors (Lipinski definition) is 8. The van der Waals surface area contributed by atoms with Crippen molar-refractivity contribution in [3.05, 3.63) is 0 Å². The molecule has 1 saturated carbocycles. The molecule has 1 aliphatic rings. The first kappa shape index (κ1) is 32.7. The molecule has 0 bridgehead atoms. The summed E-state index contributed by atoms with van der Waals surface area (Å²) in [4.78, 5) is 22.8. The first-order valence-electron chi connectivity index (χ1n) is 11.3. The highest BCUT2D eigenvalue weighted by molar-refractivity contribution is 5.67. The van der Waals surface area contributed by atoms with Gasteiger partial charge >= 0.3 is 6.09 Å². The molecule has 192 valence electrons. The summed E-state index contributed by atoms with van der Waals surface area (Å²) in [5.41, 5.74) is 6.51. The number of carbonyl (C=O) groups is 2.